The Morgan fingerprint density at radius 1 is 0.636 bits per heavy atom. The van der Waals surface area contributed by atoms with Gasteiger partial charge in [-0.2, -0.15) is 0 Å². The molecule has 1 nitrogen and oxygen atoms in total. The first-order valence-corrected chi connectivity index (χ1v) is 8.29. The molecule has 0 saturated carbocycles. The van der Waals surface area contributed by atoms with Crippen LogP contribution in [0, 0.1) is 0 Å². The predicted molar refractivity (Wildman–Crippen MR) is 93.0 cm³/mol. The molecule has 0 radical (unpaired) electrons. The first-order valence-electron chi connectivity index (χ1n) is 7.30. The van der Waals surface area contributed by atoms with Crippen LogP contribution in [0.25, 0.3) is 0 Å². The van der Waals surface area contributed by atoms with E-state index < -0.39 is 5.60 Å². The third-order valence-electron chi connectivity index (χ3n) is 3.69. The van der Waals surface area contributed by atoms with E-state index in [9.17, 15) is 5.11 Å². The second kappa shape index (κ2) is 6.82. The number of rotatable bonds is 5. The number of benzene rings is 3. The van der Waals surface area contributed by atoms with E-state index in [1.54, 1.807) is 11.8 Å². The molecule has 0 bridgehead atoms. The molecule has 3 aromatic rings. The van der Waals surface area contributed by atoms with Crippen LogP contribution < -0.4 is 0 Å². The molecule has 0 saturated heterocycles. The van der Waals surface area contributed by atoms with E-state index in [-0.39, 0.29) is 0 Å². The lowest BCUT2D eigenvalue weighted by molar-refractivity contribution is 0.107. The normalized spacial score (nSPS) is 11.3. The molecule has 0 aliphatic carbocycles. The maximum Gasteiger partial charge on any atom is 0.124 e. The Labute approximate surface area is 135 Å². The maximum atomic E-state index is 11.4. The molecule has 0 fully saturated rings. The average molecular weight is 306 g/mol. The van der Waals surface area contributed by atoms with E-state index in [4.69, 9.17) is 0 Å². The fourth-order valence-corrected chi connectivity index (χ4v) is 3.52. The van der Waals surface area contributed by atoms with Gasteiger partial charge in [0.1, 0.15) is 5.60 Å². The summed E-state index contributed by atoms with van der Waals surface area (Å²) >= 11 is 1.67. The zero-order valence-electron chi connectivity index (χ0n) is 12.2. The van der Waals surface area contributed by atoms with Crippen LogP contribution in [0.15, 0.2) is 95.9 Å². The standard InChI is InChI=1S/C20H18OS/c21-20(17-10-4-1-5-11-17,18-12-6-2-7-13-18)16-22-19-14-8-3-9-15-19/h1-15,21H,16H2. The SMILES string of the molecule is OC(CSc1ccccc1)(c1ccccc1)c1ccccc1. The minimum Gasteiger partial charge on any atom is -0.380 e. The highest BCUT2D eigenvalue weighted by Crippen LogP contribution is 2.35. The van der Waals surface area contributed by atoms with Crippen LogP contribution >= 0.6 is 11.8 Å². The summed E-state index contributed by atoms with van der Waals surface area (Å²) in [6, 6.07) is 29.9. The van der Waals surface area contributed by atoms with E-state index in [0.29, 0.717) is 5.75 Å². The molecular formula is C20H18OS. The quantitative estimate of drug-likeness (QED) is 0.689. The molecule has 0 atom stereocenters. The molecule has 0 aliphatic heterocycles. The summed E-state index contributed by atoms with van der Waals surface area (Å²) in [6.45, 7) is 0. The fraction of sp³-hybridized carbons (Fsp3) is 0.100. The van der Waals surface area contributed by atoms with Crippen molar-refractivity contribution >= 4 is 11.8 Å². The lowest BCUT2D eigenvalue weighted by Gasteiger charge is -2.29. The van der Waals surface area contributed by atoms with Gasteiger partial charge in [-0.1, -0.05) is 78.9 Å². The molecule has 3 aromatic carbocycles. The lowest BCUT2D eigenvalue weighted by atomic mass is 9.88. The molecule has 0 aromatic heterocycles. The van der Waals surface area contributed by atoms with Crippen LogP contribution in [0.5, 0.6) is 0 Å². The summed E-state index contributed by atoms with van der Waals surface area (Å²) in [7, 11) is 0. The average Bonchev–Trinajstić information content (AvgIpc) is 2.62. The van der Waals surface area contributed by atoms with Crippen molar-refractivity contribution in [2.24, 2.45) is 0 Å². The zero-order chi connectivity index (χ0) is 15.3. The Morgan fingerprint density at radius 3 is 1.50 bits per heavy atom. The third-order valence-corrected chi connectivity index (χ3v) is 4.86. The molecule has 0 amide bonds. The molecule has 2 heteroatoms. The van der Waals surface area contributed by atoms with Crippen LogP contribution in [-0.2, 0) is 5.60 Å². The predicted octanol–water partition coefficient (Wildman–Crippen LogP) is 4.71. The van der Waals surface area contributed by atoms with Crippen LogP contribution in [0.1, 0.15) is 11.1 Å². The van der Waals surface area contributed by atoms with Gasteiger partial charge >= 0.3 is 0 Å². The van der Waals surface area contributed by atoms with Crippen LogP contribution in [0.2, 0.25) is 0 Å². The van der Waals surface area contributed by atoms with Gasteiger partial charge in [-0.15, -0.1) is 11.8 Å². The maximum absolute atomic E-state index is 11.4. The zero-order valence-corrected chi connectivity index (χ0v) is 13.0. The third kappa shape index (κ3) is 3.24. The summed E-state index contributed by atoms with van der Waals surface area (Å²) in [5.74, 6) is 0.574. The smallest absolute Gasteiger partial charge is 0.124 e. The van der Waals surface area contributed by atoms with Gasteiger partial charge in [0.2, 0.25) is 0 Å². The first kappa shape index (κ1) is 14.9. The summed E-state index contributed by atoms with van der Waals surface area (Å²) < 4.78 is 0. The largest absolute Gasteiger partial charge is 0.380 e. The lowest BCUT2D eigenvalue weighted by Crippen LogP contribution is -2.30. The van der Waals surface area contributed by atoms with Gasteiger partial charge in [0.05, 0.1) is 0 Å². The van der Waals surface area contributed by atoms with E-state index in [2.05, 4.69) is 12.1 Å². The Balaban J connectivity index is 1.93. The molecule has 0 unspecified atom stereocenters. The molecule has 1 N–H and O–H groups in total. The van der Waals surface area contributed by atoms with Crippen molar-refractivity contribution in [3.63, 3.8) is 0 Å². The summed E-state index contributed by atoms with van der Waals surface area (Å²) in [5.41, 5.74) is 0.845. The van der Waals surface area contributed by atoms with Crippen molar-refractivity contribution in [2.45, 2.75) is 10.5 Å². The van der Waals surface area contributed by atoms with Gasteiger partial charge in [0, 0.05) is 10.6 Å². The highest BCUT2D eigenvalue weighted by molar-refractivity contribution is 7.99. The van der Waals surface area contributed by atoms with Crippen molar-refractivity contribution < 1.29 is 5.11 Å². The Kier molecular flexibility index (Phi) is 4.62. The second-order valence-corrected chi connectivity index (χ2v) is 6.24. The molecule has 22 heavy (non-hydrogen) atoms. The number of thioether (sulfide) groups is 1. The fourth-order valence-electron chi connectivity index (χ4n) is 2.47. The topological polar surface area (TPSA) is 20.2 Å². The second-order valence-electron chi connectivity index (χ2n) is 5.19. The van der Waals surface area contributed by atoms with Gasteiger partial charge in [-0.25, -0.2) is 0 Å². The molecule has 0 heterocycles. The minimum atomic E-state index is -0.997. The van der Waals surface area contributed by atoms with E-state index in [1.807, 2.05) is 78.9 Å². The number of hydrogen-bond donors (Lipinski definition) is 1. The summed E-state index contributed by atoms with van der Waals surface area (Å²) in [4.78, 5) is 1.16. The van der Waals surface area contributed by atoms with E-state index in [0.717, 1.165) is 16.0 Å². The van der Waals surface area contributed by atoms with Gasteiger partial charge in [0.15, 0.2) is 0 Å². The molecule has 0 aliphatic rings. The van der Waals surface area contributed by atoms with Crippen LogP contribution in [0.4, 0.5) is 0 Å². The van der Waals surface area contributed by atoms with Crippen molar-refractivity contribution in [1.82, 2.24) is 0 Å². The Hall–Kier alpha value is -2.03. The van der Waals surface area contributed by atoms with Gasteiger partial charge in [-0.05, 0) is 23.3 Å². The first-order chi connectivity index (χ1) is 10.8. The van der Waals surface area contributed by atoms with Crippen LogP contribution in [-0.4, -0.2) is 10.9 Å². The molecule has 0 spiro atoms. The van der Waals surface area contributed by atoms with Crippen LogP contribution in [0.3, 0.4) is 0 Å². The van der Waals surface area contributed by atoms with Crippen molar-refractivity contribution in [3.05, 3.63) is 102 Å². The summed E-state index contributed by atoms with van der Waals surface area (Å²) in [5, 5.41) is 11.4. The van der Waals surface area contributed by atoms with Crippen molar-refractivity contribution in [2.75, 3.05) is 5.75 Å². The molecule has 110 valence electrons. The van der Waals surface area contributed by atoms with E-state index in [1.165, 1.54) is 0 Å². The highest BCUT2D eigenvalue weighted by Gasteiger charge is 2.31. The molecular weight excluding hydrogens is 288 g/mol. The van der Waals surface area contributed by atoms with Crippen molar-refractivity contribution in [3.8, 4) is 0 Å². The number of hydrogen-bond acceptors (Lipinski definition) is 2. The number of aliphatic hydroxyl groups is 1. The van der Waals surface area contributed by atoms with Gasteiger partial charge < -0.3 is 5.11 Å². The Bertz CT molecular complexity index is 656. The van der Waals surface area contributed by atoms with E-state index >= 15 is 0 Å². The highest BCUT2D eigenvalue weighted by atomic mass is 32.2. The monoisotopic (exact) mass is 306 g/mol. The Morgan fingerprint density at radius 2 is 1.05 bits per heavy atom. The van der Waals surface area contributed by atoms with Gasteiger partial charge in [-0.3, -0.25) is 0 Å². The molecule has 3 rings (SSSR count). The minimum absolute atomic E-state index is 0.574. The summed E-state index contributed by atoms with van der Waals surface area (Å²) in [6.07, 6.45) is 0. The van der Waals surface area contributed by atoms with Crippen molar-refractivity contribution in [1.29, 1.82) is 0 Å². The van der Waals surface area contributed by atoms with Gasteiger partial charge in [0.25, 0.3) is 0 Å².